The van der Waals surface area contributed by atoms with Gasteiger partial charge in [-0.3, -0.25) is 4.79 Å². The van der Waals surface area contributed by atoms with Gasteiger partial charge in [0.2, 0.25) is 5.91 Å². The predicted molar refractivity (Wildman–Crippen MR) is 57.0 cm³/mol. The summed E-state index contributed by atoms with van der Waals surface area (Å²) in [4.78, 5) is 11.5. The number of amides is 1. The Morgan fingerprint density at radius 1 is 1.46 bits per heavy atom. The van der Waals surface area contributed by atoms with Crippen LogP contribution in [0.1, 0.15) is 41.0 Å². The van der Waals surface area contributed by atoms with Crippen molar-refractivity contribution in [3.05, 3.63) is 0 Å². The Labute approximate surface area is 86.0 Å². The number of carbonyl (C=O) groups is 1. The number of halogens is 1. The molecule has 0 aliphatic carbocycles. The normalized spacial score (nSPS) is 16.5. The van der Waals surface area contributed by atoms with E-state index in [2.05, 4.69) is 5.32 Å². The molecule has 13 heavy (non-hydrogen) atoms. The van der Waals surface area contributed by atoms with Gasteiger partial charge in [0, 0.05) is 5.54 Å². The zero-order valence-corrected chi connectivity index (χ0v) is 9.90. The van der Waals surface area contributed by atoms with Crippen LogP contribution in [-0.4, -0.2) is 16.8 Å². The Hall–Kier alpha value is -0.240. The van der Waals surface area contributed by atoms with Crippen LogP contribution >= 0.6 is 11.6 Å². The van der Waals surface area contributed by atoms with Gasteiger partial charge in [0.15, 0.2) is 0 Å². The molecule has 0 saturated heterocycles. The molecule has 1 N–H and O–H groups in total. The van der Waals surface area contributed by atoms with E-state index < -0.39 is 5.38 Å². The first-order valence-electron chi connectivity index (χ1n) is 4.74. The van der Waals surface area contributed by atoms with Crippen molar-refractivity contribution in [3.63, 3.8) is 0 Å². The summed E-state index contributed by atoms with van der Waals surface area (Å²) in [7, 11) is 0. The molecule has 0 aromatic carbocycles. The van der Waals surface area contributed by atoms with Gasteiger partial charge in [-0.2, -0.15) is 0 Å². The topological polar surface area (TPSA) is 29.1 Å². The lowest BCUT2D eigenvalue weighted by molar-refractivity contribution is -0.122. The number of hydrogen-bond acceptors (Lipinski definition) is 1. The molecule has 0 heterocycles. The maximum Gasteiger partial charge on any atom is 0.238 e. The molecule has 0 unspecified atom stereocenters. The SMILES string of the molecule is CC[C@@H](C)[C@@H](Cl)C(=O)NC(C)(C)C. The fraction of sp³-hybridized carbons (Fsp3) is 0.900. The van der Waals surface area contributed by atoms with Gasteiger partial charge in [0.1, 0.15) is 5.38 Å². The van der Waals surface area contributed by atoms with Crippen molar-refractivity contribution in [1.82, 2.24) is 5.32 Å². The summed E-state index contributed by atoms with van der Waals surface area (Å²) < 4.78 is 0. The third kappa shape index (κ3) is 5.14. The molecule has 2 atom stereocenters. The van der Waals surface area contributed by atoms with Crippen LogP contribution in [0, 0.1) is 5.92 Å². The van der Waals surface area contributed by atoms with E-state index in [-0.39, 0.29) is 17.4 Å². The van der Waals surface area contributed by atoms with Gasteiger partial charge in [-0.15, -0.1) is 11.6 Å². The first-order chi connectivity index (χ1) is 5.78. The molecule has 0 fully saturated rings. The van der Waals surface area contributed by atoms with Crippen LogP contribution in [0.15, 0.2) is 0 Å². The lowest BCUT2D eigenvalue weighted by atomic mass is 10.0. The van der Waals surface area contributed by atoms with Crippen LogP contribution in [0.5, 0.6) is 0 Å². The maximum absolute atomic E-state index is 11.5. The van der Waals surface area contributed by atoms with Crippen LogP contribution in [0.25, 0.3) is 0 Å². The molecule has 3 heteroatoms. The van der Waals surface area contributed by atoms with E-state index in [9.17, 15) is 4.79 Å². The molecule has 0 aliphatic rings. The van der Waals surface area contributed by atoms with Crippen LogP contribution in [0.4, 0.5) is 0 Å². The molecule has 0 saturated carbocycles. The van der Waals surface area contributed by atoms with Crippen LogP contribution in [-0.2, 0) is 4.79 Å². The van der Waals surface area contributed by atoms with E-state index in [1.807, 2.05) is 34.6 Å². The van der Waals surface area contributed by atoms with E-state index in [0.29, 0.717) is 0 Å². The maximum atomic E-state index is 11.5. The predicted octanol–water partition coefficient (Wildman–Crippen LogP) is 2.55. The molecular weight excluding hydrogens is 186 g/mol. The second kappa shape index (κ2) is 4.85. The zero-order chi connectivity index (χ0) is 10.6. The lowest BCUT2D eigenvalue weighted by Gasteiger charge is -2.24. The van der Waals surface area contributed by atoms with Crippen molar-refractivity contribution < 1.29 is 4.79 Å². The molecule has 0 bridgehead atoms. The number of nitrogens with one attached hydrogen (secondary N) is 1. The Kier molecular flexibility index (Phi) is 4.76. The van der Waals surface area contributed by atoms with Gasteiger partial charge in [0.05, 0.1) is 0 Å². The molecule has 78 valence electrons. The minimum absolute atomic E-state index is 0.0662. The first kappa shape index (κ1) is 12.8. The fourth-order valence-corrected chi connectivity index (χ4v) is 1.14. The van der Waals surface area contributed by atoms with Crippen molar-refractivity contribution in [2.45, 2.75) is 52.0 Å². The molecule has 0 radical (unpaired) electrons. The van der Waals surface area contributed by atoms with E-state index in [4.69, 9.17) is 11.6 Å². The third-order valence-corrected chi connectivity index (χ3v) is 2.52. The van der Waals surface area contributed by atoms with Crippen molar-refractivity contribution in [2.24, 2.45) is 5.92 Å². The molecule has 2 nitrogen and oxygen atoms in total. The summed E-state index contributed by atoms with van der Waals surface area (Å²) >= 11 is 5.98. The van der Waals surface area contributed by atoms with Crippen LogP contribution < -0.4 is 5.32 Å². The highest BCUT2D eigenvalue weighted by atomic mass is 35.5. The van der Waals surface area contributed by atoms with Gasteiger partial charge in [-0.05, 0) is 26.7 Å². The molecule has 0 aliphatic heterocycles. The van der Waals surface area contributed by atoms with E-state index in [1.54, 1.807) is 0 Å². The smallest absolute Gasteiger partial charge is 0.238 e. The quantitative estimate of drug-likeness (QED) is 0.705. The highest BCUT2D eigenvalue weighted by Gasteiger charge is 2.24. The van der Waals surface area contributed by atoms with E-state index >= 15 is 0 Å². The molecule has 0 spiro atoms. The van der Waals surface area contributed by atoms with Gasteiger partial charge >= 0.3 is 0 Å². The van der Waals surface area contributed by atoms with Gasteiger partial charge in [0.25, 0.3) is 0 Å². The van der Waals surface area contributed by atoms with Gasteiger partial charge < -0.3 is 5.32 Å². The van der Waals surface area contributed by atoms with Gasteiger partial charge in [-0.25, -0.2) is 0 Å². The summed E-state index contributed by atoms with van der Waals surface area (Å²) in [6, 6.07) is 0. The third-order valence-electron chi connectivity index (χ3n) is 1.89. The number of alkyl halides is 1. The second-order valence-electron chi connectivity index (χ2n) is 4.53. The summed E-state index contributed by atoms with van der Waals surface area (Å²) in [5.41, 5.74) is -0.197. The van der Waals surface area contributed by atoms with Crippen molar-refractivity contribution in [2.75, 3.05) is 0 Å². The largest absolute Gasteiger partial charge is 0.350 e. The Morgan fingerprint density at radius 2 is 1.92 bits per heavy atom. The highest BCUT2D eigenvalue weighted by Crippen LogP contribution is 2.15. The Balaban J connectivity index is 4.12. The molecule has 1 amide bonds. The summed E-state index contributed by atoms with van der Waals surface area (Å²) in [5, 5.41) is 2.45. The average molecular weight is 206 g/mol. The Bertz CT molecular complexity index is 174. The molecule has 0 aromatic heterocycles. The second-order valence-corrected chi connectivity index (χ2v) is 5.00. The molecule has 0 rings (SSSR count). The minimum Gasteiger partial charge on any atom is -0.350 e. The zero-order valence-electron chi connectivity index (χ0n) is 9.15. The summed E-state index contributed by atoms with van der Waals surface area (Å²) in [6.07, 6.45) is 0.922. The summed E-state index contributed by atoms with van der Waals surface area (Å²) in [5.74, 6) is 0.160. The molecule has 0 aromatic rings. The highest BCUT2D eigenvalue weighted by molar-refractivity contribution is 6.31. The van der Waals surface area contributed by atoms with Crippen LogP contribution in [0.2, 0.25) is 0 Å². The fourth-order valence-electron chi connectivity index (χ4n) is 0.904. The average Bonchev–Trinajstić information content (AvgIpc) is 1.98. The summed E-state index contributed by atoms with van der Waals surface area (Å²) in [6.45, 7) is 9.87. The van der Waals surface area contributed by atoms with E-state index in [0.717, 1.165) is 6.42 Å². The van der Waals surface area contributed by atoms with Gasteiger partial charge in [-0.1, -0.05) is 20.3 Å². The monoisotopic (exact) mass is 205 g/mol. The standard InChI is InChI=1S/C10H20ClNO/c1-6-7(2)8(11)9(13)12-10(3,4)5/h7-8H,6H2,1-5H3,(H,12,13)/t7-,8-/m1/s1. The number of rotatable bonds is 3. The van der Waals surface area contributed by atoms with Crippen LogP contribution in [0.3, 0.4) is 0 Å². The van der Waals surface area contributed by atoms with Crippen molar-refractivity contribution in [1.29, 1.82) is 0 Å². The first-order valence-corrected chi connectivity index (χ1v) is 5.17. The number of carbonyl (C=O) groups excluding carboxylic acids is 1. The molecular formula is C10H20ClNO. The minimum atomic E-state index is -0.413. The van der Waals surface area contributed by atoms with Crippen molar-refractivity contribution in [3.8, 4) is 0 Å². The lowest BCUT2D eigenvalue weighted by Crippen LogP contribution is -2.45. The Morgan fingerprint density at radius 3 is 2.23 bits per heavy atom. The van der Waals surface area contributed by atoms with E-state index in [1.165, 1.54) is 0 Å². The number of hydrogen-bond donors (Lipinski definition) is 1. The van der Waals surface area contributed by atoms with Crippen molar-refractivity contribution >= 4 is 17.5 Å².